The average Bonchev–Trinajstić information content (AvgIpc) is 3.15. The highest BCUT2D eigenvalue weighted by molar-refractivity contribution is 5.90. The van der Waals surface area contributed by atoms with Gasteiger partial charge in [0, 0.05) is 28.2 Å². The molecular formula is C27H27FN2O3. The Kier molecular flexibility index (Phi) is 6.63. The summed E-state index contributed by atoms with van der Waals surface area (Å²) >= 11 is 0. The van der Waals surface area contributed by atoms with Crippen molar-refractivity contribution in [2.24, 2.45) is 0 Å². The summed E-state index contributed by atoms with van der Waals surface area (Å²) in [5.41, 5.74) is 3.52. The molecule has 1 aromatic heterocycles. The van der Waals surface area contributed by atoms with Crippen molar-refractivity contribution in [1.82, 2.24) is 9.88 Å². The summed E-state index contributed by atoms with van der Waals surface area (Å²) in [6.07, 6.45) is 0. The first-order valence-corrected chi connectivity index (χ1v) is 10.9. The smallest absolute Gasteiger partial charge is 0.240 e. The van der Waals surface area contributed by atoms with Crippen LogP contribution in [0.4, 0.5) is 4.39 Å². The van der Waals surface area contributed by atoms with E-state index in [0.29, 0.717) is 6.61 Å². The molecule has 0 unspecified atom stereocenters. The van der Waals surface area contributed by atoms with Gasteiger partial charge in [-0.1, -0.05) is 30.3 Å². The quantitative estimate of drug-likeness (QED) is 0.386. The number of aromatic nitrogens is 1. The topological polar surface area (TPSA) is 52.5 Å². The van der Waals surface area contributed by atoms with Crippen LogP contribution in [0, 0.1) is 5.82 Å². The lowest BCUT2D eigenvalue weighted by Crippen LogP contribution is -2.33. The van der Waals surface area contributed by atoms with E-state index in [1.165, 1.54) is 13.2 Å². The lowest BCUT2D eigenvalue weighted by molar-refractivity contribution is -0.122. The first-order chi connectivity index (χ1) is 15.9. The molecule has 0 saturated carbocycles. The van der Waals surface area contributed by atoms with Crippen molar-refractivity contribution in [2.75, 3.05) is 7.11 Å². The van der Waals surface area contributed by atoms with Crippen LogP contribution in [-0.4, -0.2) is 23.6 Å². The highest BCUT2D eigenvalue weighted by atomic mass is 19.1. The Bertz CT molecular complexity index is 1270. The lowest BCUT2D eigenvalue weighted by Gasteiger charge is -2.14. The van der Waals surface area contributed by atoms with Crippen LogP contribution in [0.5, 0.6) is 11.5 Å². The molecule has 1 heterocycles. The lowest BCUT2D eigenvalue weighted by atomic mass is 10.1. The molecule has 1 N–H and O–H groups in total. The minimum atomic E-state index is -0.432. The van der Waals surface area contributed by atoms with Crippen molar-refractivity contribution >= 4 is 16.8 Å². The summed E-state index contributed by atoms with van der Waals surface area (Å²) in [5, 5.41) is 3.86. The van der Waals surface area contributed by atoms with Gasteiger partial charge in [-0.2, -0.15) is 0 Å². The van der Waals surface area contributed by atoms with Gasteiger partial charge < -0.3 is 19.4 Å². The molecule has 0 aliphatic heterocycles. The number of carbonyl (C=O) groups excluding carboxylic acids is 1. The van der Waals surface area contributed by atoms with E-state index in [4.69, 9.17) is 9.47 Å². The fourth-order valence-corrected chi connectivity index (χ4v) is 3.82. The number of nitrogens with zero attached hydrogens (tertiary/aromatic N) is 1. The number of benzene rings is 3. The third-order valence-corrected chi connectivity index (χ3v) is 5.32. The maximum Gasteiger partial charge on any atom is 0.240 e. The molecule has 0 aliphatic carbocycles. The molecule has 0 fully saturated rings. The first-order valence-electron chi connectivity index (χ1n) is 10.9. The van der Waals surface area contributed by atoms with E-state index in [0.717, 1.165) is 33.5 Å². The van der Waals surface area contributed by atoms with Gasteiger partial charge >= 0.3 is 0 Å². The molecule has 0 atom stereocenters. The standard InChI is InChI=1S/C27H27FN2O3/c1-18(2)29-27(31)16-30-24-12-10-22(33-17-19-7-5-4-6-8-19)13-21(24)14-25(30)20-9-11-23(28)26(15-20)32-3/h4-15,18H,16-17H2,1-3H3,(H,29,31). The van der Waals surface area contributed by atoms with E-state index in [1.807, 2.05) is 73.0 Å². The Morgan fingerprint density at radius 2 is 1.82 bits per heavy atom. The van der Waals surface area contributed by atoms with E-state index >= 15 is 0 Å². The van der Waals surface area contributed by atoms with Crippen LogP contribution in [0.2, 0.25) is 0 Å². The van der Waals surface area contributed by atoms with E-state index < -0.39 is 5.82 Å². The zero-order valence-electron chi connectivity index (χ0n) is 19.0. The van der Waals surface area contributed by atoms with Gasteiger partial charge in [0.2, 0.25) is 5.91 Å². The van der Waals surface area contributed by atoms with Crippen LogP contribution in [0.25, 0.3) is 22.2 Å². The minimum absolute atomic E-state index is 0.0340. The second-order valence-electron chi connectivity index (χ2n) is 8.18. The molecule has 0 saturated heterocycles. The molecule has 1 amide bonds. The summed E-state index contributed by atoms with van der Waals surface area (Å²) < 4.78 is 27.1. The molecule has 0 radical (unpaired) electrons. The number of halogens is 1. The molecule has 3 aromatic carbocycles. The fraction of sp³-hybridized carbons (Fsp3) is 0.222. The number of methoxy groups -OCH3 is 1. The van der Waals surface area contributed by atoms with Crippen LogP contribution in [0.1, 0.15) is 19.4 Å². The number of hydrogen-bond donors (Lipinski definition) is 1. The largest absolute Gasteiger partial charge is 0.494 e. The van der Waals surface area contributed by atoms with Crippen molar-refractivity contribution in [3.8, 4) is 22.8 Å². The van der Waals surface area contributed by atoms with Crippen molar-refractivity contribution in [3.63, 3.8) is 0 Å². The summed E-state index contributed by atoms with van der Waals surface area (Å²) in [6, 6.07) is 22.5. The van der Waals surface area contributed by atoms with E-state index in [9.17, 15) is 9.18 Å². The van der Waals surface area contributed by atoms with Crippen LogP contribution >= 0.6 is 0 Å². The van der Waals surface area contributed by atoms with Crippen molar-refractivity contribution < 1.29 is 18.7 Å². The predicted octanol–water partition coefficient (Wildman–Crippen LogP) is 5.56. The first kappa shape index (κ1) is 22.4. The number of nitrogens with one attached hydrogen (secondary N) is 1. The second-order valence-corrected chi connectivity index (χ2v) is 8.18. The number of amides is 1. The molecule has 0 aliphatic rings. The molecular weight excluding hydrogens is 419 g/mol. The molecule has 6 heteroatoms. The molecule has 4 aromatic rings. The van der Waals surface area contributed by atoms with Gasteiger partial charge in [-0.15, -0.1) is 0 Å². The summed E-state index contributed by atoms with van der Waals surface area (Å²) in [5.74, 6) is 0.362. The Labute approximate surface area is 192 Å². The Morgan fingerprint density at radius 3 is 2.55 bits per heavy atom. The summed E-state index contributed by atoms with van der Waals surface area (Å²) in [6.45, 7) is 4.45. The average molecular weight is 447 g/mol. The number of hydrogen-bond acceptors (Lipinski definition) is 3. The van der Waals surface area contributed by atoms with E-state index in [-0.39, 0.29) is 24.2 Å². The third-order valence-electron chi connectivity index (χ3n) is 5.32. The highest BCUT2D eigenvalue weighted by Crippen LogP contribution is 2.33. The number of carbonyl (C=O) groups is 1. The third kappa shape index (κ3) is 5.17. The zero-order valence-corrected chi connectivity index (χ0v) is 19.0. The second kappa shape index (κ2) is 9.77. The minimum Gasteiger partial charge on any atom is -0.494 e. The van der Waals surface area contributed by atoms with E-state index in [1.54, 1.807) is 12.1 Å². The molecule has 4 rings (SSSR count). The maximum absolute atomic E-state index is 14.0. The number of fused-ring (bicyclic) bond motifs is 1. The predicted molar refractivity (Wildman–Crippen MR) is 128 cm³/mol. The fourth-order valence-electron chi connectivity index (χ4n) is 3.82. The van der Waals surface area contributed by atoms with Crippen molar-refractivity contribution in [3.05, 3.63) is 84.2 Å². The molecule has 0 spiro atoms. The Morgan fingerprint density at radius 1 is 1.03 bits per heavy atom. The van der Waals surface area contributed by atoms with Crippen molar-refractivity contribution in [2.45, 2.75) is 33.0 Å². The van der Waals surface area contributed by atoms with Crippen molar-refractivity contribution in [1.29, 1.82) is 0 Å². The summed E-state index contributed by atoms with van der Waals surface area (Å²) in [7, 11) is 1.43. The van der Waals surface area contributed by atoms with Gasteiger partial charge in [-0.25, -0.2) is 4.39 Å². The monoisotopic (exact) mass is 446 g/mol. The van der Waals surface area contributed by atoms with Gasteiger partial charge in [0.15, 0.2) is 11.6 Å². The van der Waals surface area contributed by atoms with Crippen LogP contribution in [0.3, 0.4) is 0 Å². The van der Waals surface area contributed by atoms with Gasteiger partial charge in [0.05, 0.1) is 7.11 Å². The highest BCUT2D eigenvalue weighted by Gasteiger charge is 2.16. The number of rotatable bonds is 8. The molecule has 33 heavy (non-hydrogen) atoms. The van der Waals surface area contributed by atoms with Gasteiger partial charge in [-0.3, -0.25) is 4.79 Å². The van der Waals surface area contributed by atoms with Crippen LogP contribution < -0.4 is 14.8 Å². The maximum atomic E-state index is 14.0. The van der Waals surface area contributed by atoms with Gasteiger partial charge in [-0.05, 0) is 61.9 Å². The van der Waals surface area contributed by atoms with Gasteiger partial charge in [0.25, 0.3) is 0 Å². The molecule has 5 nitrogen and oxygen atoms in total. The normalized spacial score (nSPS) is 11.1. The van der Waals surface area contributed by atoms with Crippen LogP contribution in [-0.2, 0) is 17.9 Å². The zero-order chi connectivity index (χ0) is 23.4. The number of ether oxygens (including phenoxy) is 2. The van der Waals surface area contributed by atoms with E-state index in [2.05, 4.69) is 5.32 Å². The molecule has 170 valence electrons. The van der Waals surface area contributed by atoms with Crippen LogP contribution in [0.15, 0.2) is 72.8 Å². The SMILES string of the molecule is COc1cc(-c2cc3cc(OCc4ccccc4)ccc3n2CC(=O)NC(C)C)ccc1F. The Hall–Kier alpha value is -3.80. The summed E-state index contributed by atoms with van der Waals surface area (Å²) in [4.78, 5) is 12.6. The Balaban J connectivity index is 1.72. The van der Waals surface area contributed by atoms with Gasteiger partial charge in [0.1, 0.15) is 18.9 Å². The molecule has 0 bridgehead atoms.